The fourth-order valence-electron chi connectivity index (χ4n) is 7.93. The number of amides is 1. The van der Waals surface area contributed by atoms with Crippen LogP contribution in [0.15, 0.2) is 6.20 Å². The zero-order chi connectivity index (χ0) is 46.6. The normalized spacial score (nSPS) is 19.6. The number of hydrogen-bond acceptors (Lipinski definition) is 14. The number of aliphatic hydroxyl groups excluding tert-OH is 4. The van der Waals surface area contributed by atoms with Gasteiger partial charge in [-0.05, 0) is 12.8 Å². The van der Waals surface area contributed by atoms with Crippen LogP contribution in [0.4, 0.5) is 5.82 Å². The van der Waals surface area contributed by atoms with Crippen molar-refractivity contribution in [1.82, 2.24) is 15.0 Å². The van der Waals surface area contributed by atoms with Gasteiger partial charge < -0.3 is 45.7 Å². The number of rotatable bonds is 41. The molecule has 2 rings (SSSR count). The van der Waals surface area contributed by atoms with E-state index in [1.807, 2.05) is 0 Å². The Bertz CT molecular complexity index is 1330. The number of hydrogen-bond donors (Lipinski definition) is 6. The van der Waals surface area contributed by atoms with E-state index in [1.165, 1.54) is 159 Å². The van der Waals surface area contributed by atoms with Crippen molar-refractivity contribution in [2.24, 2.45) is 5.73 Å². The van der Waals surface area contributed by atoms with Crippen molar-refractivity contribution >= 4 is 35.4 Å². The average Bonchev–Trinajstić information content (AvgIpc) is 3.75. The Morgan fingerprint density at radius 3 is 1.61 bits per heavy atom. The van der Waals surface area contributed by atoms with Crippen LogP contribution in [-0.2, 0) is 28.6 Å². The molecular weight excluding hydrogens is 839 g/mol. The second kappa shape index (κ2) is 37.7. The largest absolute Gasteiger partial charge is 0.462 e. The molecule has 0 saturated carbocycles. The third kappa shape index (κ3) is 26.7. The van der Waals surface area contributed by atoms with Gasteiger partial charge in [-0.15, -0.1) is 5.10 Å². The van der Waals surface area contributed by atoms with Crippen molar-refractivity contribution in [3.05, 3.63) is 6.20 Å². The van der Waals surface area contributed by atoms with Crippen molar-refractivity contribution in [2.75, 3.05) is 30.0 Å². The van der Waals surface area contributed by atoms with E-state index in [1.54, 1.807) is 0 Å². The fourth-order valence-corrected chi connectivity index (χ4v) is 8.90. The Morgan fingerprint density at radius 2 is 1.14 bits per heavy atom. The summed E-state index contributed by atoms with van der Waals surface area (Å²) in [6.07, 6.45) is 28.5. The Balaban J connectivity index is 1.74. The zero-order valence-electron chi connectivity index (χ0n) is 39.7. The predicted molar refractivity (Wildman–Crippen MR) is 254 cm³/mol. The topological polar surface area (TPSA) is 229 Å². The van der Waals surface area contributed by atoms with Gasteiger partial charge >= 0.3 is 11.9 Å². The second-order valence-corrected chi connectivity index (χ2v) is 19.0. The summed E-state index contributed by atoms with van der Waals surface area (Å²) < 4.78 is 17.9. The Labute approximate surface area is 389 Å². The Kier molecular flexibility index (Phi) is 34.1. The number of anilines is 1. The van der Waals surface area contributed by atoms with Crippen molar-refractivity contribution in [3.63, 3.8) is 0 Å². The molecule has 1 saturated heterocycles. The van der Waals surface area contributed by atoms with E-state index in [0.29, 0.717) is 6.42 Å². The van der Waals surface area contributed by atoms with Gasteiger partial charge in [0.05, 0.1) is 18.8 Å². The first-order chi connectivity index (χ1) is 31.1. The maximum atomic E-state index is 12.9. The highest BCUT2D eigenvalue weighted by molar-refractivity contribution is 7.99. The molecule has 1 amide bonds. The number of carbonyl (C=O) groups is 3. The summed E-state index contributed by atoms with van der Waals surface area (Å²) in [7, 11) is 0. The first-order valence-electron chi connectivity index (χ1n) is 25.3. The van der Waals surface area contributed by atoms with E-state index < -0.39 is 55.3 Å². The van der Waals surface area contributed by atoms with Crippen LogP contribution in [0, 0.1) is 0 Å². The molecule has 0 aromatic carbocycles. The Hall–Kier alpha value is -2.34. The highest BCUT2D eigenvalue weighted by atomic mass is 32.2. The molecule has 1 aliphatic heterocycles. The fraction of sp³-hybridized carbons (Fsp3) is 0.896. The van der Waals surface area contributed by atoms with Crippen molar-refractivity contribution < 1.29 is 49.0 Å². The summed E-state index contributed by atoms with van der Waals surface area (Å²) in [6, 6.07) is -0.989. The van der Waals surface area contributed by atoms with Crippen molar-refractivity contribution in [2.45, 2.75) is 249 Å². The van der Waals surface area contributed by atoms with Crippen LogP contribution < -0.4 is 11.1 Å². The molecule has 0 aliphatic carbocycles. The van der Waals surface area contributed by atoms with Crippen LogP contribution in [0.25, 0.3) is 0 Å². The van der Waals surface area contributed by atoms with Crippen LogP contribution in [0.1, 0.15) is 213 Å². The molecule has 1 aliphatic rings. The maximum Gasteiger partial charge on any atom is 0.306 e. The molecule has 1 fully saturated rings. The summed E-state index contributed by atoms with van der Waals surface area (Å²) in [5, 5.41) is 50.3. The summed E-state index contributed by atoms with van der Waals surface area (Å²) in [5.41, 5.74) is 6.19. The molecule has 15 nitrogen and oxygen atoms in total. The van der Waals surface area contributed by atoms with E-state index in [9.17, 15) is 34.8 Å². The zero-order valence-corrected chi connectivity index (χ0v) is 40.5. The minimum Gasteiger partial charge on any atom is -0.462 e. The maximum absolute atomic E-state index is 12.9. The summed E-state index contributed by atoms with van der Waals surface area (Å²) >= 11 is 1.30. The number of carbonyl (C=O) groups excluding carboxylic acids is 3. The number of aliphatic hydroxyl groups is 4. The van der Waals surface area contributed by atoms with Gasteiger partial charge in [-0.25, -0.2) is 4.68 Å². The van der Waals surface area contributed by atoms with E-state index in [0.717, 1.165) is 43.2 Å². The smallest absolute Gasteiger partial charge is 0.306 e. The highest BCUT2D eigenvalue weighted by Crippen LogP contribution is 2.28. The van der Waals surface area contributed by atoms with E-state index in [-0.39, 0.29) is 42.3 Å². The van der Waals surface area contributed by atoms with E-state index in [2.05, 4.69) is 29.5 Å². The van der Waals surface area contributed by atoms with Gasteiger partial charge in [-0.3, -0.25) is 14.4 Å². The van der Waals surface area contributed by atoms with Gasteiger partial charge in [0.1, 0.15) is 37.1 Å². The average molecular weight is 928 g/mol. The van der Waals surface area contributed by atoms with Crippen LogP contribution >= 0.6 is 11.8 Å². The predicted octanol–water partition coefficient (Wildman–Crippen LogP) is 8.45. The molecular formula is C48H89N5O10S. The third-order valence-corrected chi connectivity index (χ3v) is 13.2. The molecule has 64 heavy (non-hydrogen) atoms. The molecule has 7 atom stereocenters. The molecule has 0 spiro atoms. The van der Waals surface area contributed by atoms with Gasteiger partial charge in [0, 0.05) is 24.3 Å². The number of unbranched alkanes of at least 4 members (excludes halogenated alkanes) is 26. The highest BCUT2D eigenvalue weighted by Gasteiger charge is 2.44. The number of ether oxygens (including phenoxy) is 3. The molecule has 1 aromatic heterocycles. The number of aromatic nitrogens is 3. The lowest BCUT2D eigenvalue weighted by Gasteiger charge is -2.39. The summed E-state index contributed by atoms with van der Waals surface area (Å²) in [6.45, 7) is 3.83. The van der Waals surface area contributed by atoms with Crippen LogP contribution in [0.2, 0.25) is 0 Å². The number of nitrogens with zero attached hydrogens (tertiary/aromatic N) is 3. The molecule has 372 valence electrons. The van der Waals surface area contributed by atoms with E-state index >= 15 is 0 Å². The van der Waals surface area contributed by atoms with Gasteiger partial charge in [0.2, 0.25) is 5.91 Å². The van der Waals surface area contributed by atoms with Gasteiger partial charge in [0.25, 0.3) is 0 Å². The third-order valence-electron chi connectivity index (χ3n) is 12.0. The van der Waals surface area contributed by atoms with Crippen LogP contribution in [-0.4, -0.2) is 115 Å². The molecule has 0 bridgehead atoms. The number of nitrogens with two attached hydrogens (primary N) is 1. The minimum atomic E-state index is -1.60. The first kappa shape index (κ1) is 57.8. The number of esters is 2. The summed E-state index contributed by atoms with van der Waals surface area (Å²) in [4.78, 5) is 38.5. The van der Waals surface area contributed by atoms with Crippen molar-refractivity contribution in [3.8, 4) is 0 Å². The lowest BCUT2D eigenvalue weighted by atomic mass is 9.98. The van der Waals surface area contributed by atoms with Crippen LogP contribution in [0.3, 0.4) is 0 Å². The lowest BCUT2D eigenvalue weighted by molar-refractivity contribution is -0.254. The van der Waals surface area contributed by atoms with Gasteiger partial charge in [0.15, 0.2) is 12.0 Å². The number of thioether (sulfide) groups is 1. The molecule has 1 aromatic rings. The van der Waals surface area contributed by atoms with Crippen molar-refractivity contribution in [1.29, 1.82) is 0 Å². The number of nitrogens with one attached hydrogen (secondary N) is 1. The molecule has 16 heteroatoms. The Morgan fingerprint density at radius 1 is 0.688 bits per heavy atom. The summed E-state index contributed by atoms with van der Waals surface area (Å²) in [5.74, 6) is -0.790. The molecule has 6 unspecified atom stereocenters. The molecule has 0 radical (unpaired) electrons. The molecule has 7 N–H and O–H groups in total. The van der Waals surface area contributed by atoms with Gasteiger partial charge in [-0.2, -0.15) is 11.8 Å². The van der Waals surface area contributed by atoms with Crippen LogP contribution in [0.5, 0.6) is 0 Å². The quantitative estimate of drug-likeness (QED) is 0.0268. The minimum absolute atomic E-state index is 0.00318. The van der Waals surface area contributed by atoms with Gasteiger partial charge in [-0.1, -0.05) is 186 Å². The monoisotopic (exact) mass is 928 g/mol. The first-order valence-corrected chi connectivity index (χ1v) is 26.5. The SMILES string of the molecule is CCCCCCCCCCCCCCCCC(=O)OCC(CSCC(N)C(=O)Nc1cn([C@H]2OC(CO)C(O)C(O)C2O)nn1)OC(=O)CCCCCCCCCCCCCCCC. The lowest BCUT2D eigenvalue weighted by Crippen LogP contribution is -2.56. The standard InChI is InChI=1S/C48H89N5O10S/c1-3-5-7-9-11-13-15-17-19-21-23-25-27-29-31-42(55)61-35-38(62-43(56)32-30-28-26-24-22-20-18-16-14-12-10-8-6-4-2)36-64-37-39(49)47(60)50-41-33-53(52-51-41)48-46(59)45(58)44(57)40(34-54)63-48/h33,38-40,44-46,48,54,57-59H,3-32,34-37,49H2,1-2H3,(H,50,60)/t38?,39?,40?,44?,45?,46?,48-/m0/s1. The molecule has 2 heterocycles. The van der Waals surface area contributed by atoms with E-state index in [4.69, 9.17) is 19.9 Å². The second-order valence-electron chi connectivity index (χ2n) is 17.9.